The lowest BCUT2D eigenvalue weighted by atomic mass is 9.92. The quantitative estimate of drug-likeness (QED) is 0.716. The normalized spacial score (nSPS) is 11.7. The summed E-state index contributed by atoms with van der Waals surface area (Å²) in [5.41, 5.74) is -1.34. The number of amides is 2. The first kappa shape index (κ1) is 22.7. The minimum Gasteiger partial charge on any atom is -0.481 e. The summed E-state index contributed by atoms with van der Waals surface area (Å²) in [7, 11) is 0. The van der Waals surface area contributed by atoms with Gasteiger partial charge in [0.05, 0.1) is 5.54 Å². The number of rotatable bonds is 8. The molecule has 1 aromatic rings. The summed E-state index contributed by atoms with van der Waals surface area (Å²) < 4.78 is 37.0. The second-order valence-electron chi connectivity index (χ2n) is 7.25. The Morgan fingerprint density at radius 3 is 2.30 bits per heavy atom. The first-order valence-corrected chi connectivity index (χ1v) is 8.86. The predicted octanol–water partition coefficient (Wildman–Crippen LogP) is 3.54. The fraction of sp³-hybridized carbons (Fsp3) is 0.579. The van der Waals surface area contributed by atoms with E-state index in [2.05, 4.69) is 10.6 Å². The third-order valence-corrected chi connectivity index (χ3v) is 3.98. The molecule has 0 bridgehead atoms. The highest BCUT2D eigenvalue weighted by molar-refractivity contribution is 5.78. The van der Waals surface area contributed by atoms with E-state index in [1.807, 2.05) is 13.8 Å². The number of ether oxygens (including phenoxy) is 2. The van der Waals surface area contributed by atoms with Gasteiger partial charge in [-0.3, -0.25) is 4.79 Å². The largest absolute Gasteiger partial charge is 0.481 e. The molecule has 1 rings (SSSR count). The van der Waals surface area contributed by atoms with Crippen molar-refractivity contribution >= 4 is 12.0 Å². The van der Waals surface area contributed by atoms with Crippen molar-refractivity contribution in [2.45, 2.75) is 58.6 Å². The molecule has 1 aromatic carbocycles. The van der Waals surface area contributed by atoms with E-state index in [0.29, 0.717) is 12.8 Å². The molecule has 0 aliphatic rings. The van der Waals surface area contributed by atoms with Gasteiger partial charge < -0.3 is 20.1 Å². The van der Waals surface area contributed by atoms with E-state index in [0.717, 1.165) is 18.2 Å². The molecule has 0 aromatic heterocycles. The van der Waals surface area contributed by atoms with E-state index in [4.69, 9.17) is 9.47 Å². The smallest absolute Gasteiger partial charge is 0.407 e. The number of carbonyl (C=O) groups is 2. The minimum atomic E-state index is -0.756. The number of alkyl carbamates (subject to hydrolysis) is 1. The zero-order valence-electron chi connectivity index (χ0n) is 16.4. The van der Waals surface area contributed by atoms with Crippen LogP contribution in [0.2, 0.25) is 0 Å². The van der Waals surface area contributed by atoms with Gasteiger partial charge in [0.25, 0.3) is 5.91 Å². The average Bonchev–Trinajstić information content (AvgIpc) is 2.58. The second-order valence-corrected chi connectivity index (χ2v) is 7.25. The van der Waals surface area contributed by atoms with Crippen LogP contribution in [0, 0.1) is 11.6 Å². The van der Waals surface area contributed by atoms with Gasteiger partial charge >= 0.3 is 6.09 Å². The van der Waals surface area contributed by atoms with Gasteiger partial charge in [-0.25, -0.2) is 13.6 Å². The molecule has 8 heteroatoms. The molecule has 0 fully saturated rings. The second kappa shape index (κ2) is 9.53. The average molecular weight is 386 g/mol. The Kier molecular flexibility index (Phi) is 7.99. The Bertz CT molecular complexity index is 656. The highest BCUT2D eigenvalue weighted by atomic mass is 19.1. The predicted molar refractivity (Wildman–Crippen MR) is 97.5 cm³/mol. The maximum Gasteiger partial charge on any atom is 0.407 e. The lowest BCUT2D eigenvalue weighted by Gasteiger charge is -2.33. The molecule has 152 valence electrons. The van der Waals surface area contributed by atoms with Crippen LogP contribution in [-0.2, 0) is 9.53 Å². The van der Waals surface area contributed by atoms with Crippen molar-refractivity contribution < 1.29 is 27.8 Å². The van der Waals surface area contributed by atoms with Crippen molar-refractivity contribution in [1.29, 1.82) is 0 Å². The SMILES string of the molecule is CCC(CC)(CNC(=O)OC(C)(C)C)NC(=O)COc1cc(F)ccc1F. The van der Waals surface area contributed by atoms with Crippen LogP contribution in [0.25, 0.3) is 0 Å². The number of hydrogen-bond donors (Lipinski definition) is 2. The Labute approximate surface area is 158 Å². The first-order chi connectivity index (χ1) is 12.5. The van der Waals surface area contributed by atoms with E-state index < -0.39 is 41.4 Å². The molecule has 27 heavy (non-hydrogen) atoms. The monoisotopic (exact) mass is 386 g/mol. The van der Waals surface area contributed by atoms with E-state index in [-0.39, 0.29) is 12.3 Å². The maximum atomic E-state index is 13.6. The van der Waals surface area contributed by atoms with Crippen molar-refractivity contribution in [2.24, 2.45) is 0 Å². The van der Waals surface area contributed by atoms with Crippen LogP contribution in [0.1, 0.15) is 47.5 Å². The van der Waals surface area contributed by atoms with E-state index >= 15 is 0 Å². The molecule has 0 unspecified atom stereocenters. The molecule has 0 aliphatic heterocycles. The summed E-state index contributed by atoms with van der Waals surface area (Å²) in [6, 6.07) is 2.76. The van der Waals surface area contributed by atoms with Gasteiger partial charge in [-0.05, 0) is 45.7 Å². The third kappa shape index (κ3) is 7.80. The number of hydrogen-bond acceptors (Lipinski definition) is 4. The molecule has 0 spiro atoms. The standard InChI is InChI=1S/C19H28F2N2O4/c1-6-19(7-2,12-22-17(25)27-18(3,4)5)23-16(24)11-26-15-10-13(20)8-9-14(15)21/h8-10H,6-7,11-12H2,1-5H3,(H,22,25)(H,23,24). The maximum absolute atomic E-state index is 13.6. The van der Waals surface area contributed by atoms with Crippen LogP contribution in [0.4, 0.5) is 13.6 Å². The highest BCUT2D eigenvalue weighted by Crippen LogP contribution is 2.18. The molecule has 0 saturated carbocycles. The molecule has 0 aliphatic carbocycles. The van der Waals surface area contributed by atoms with Crippen molar-refractivity contribution in [3.05, 3.63) is 29.8 Å². The molecular weight excluding hydrogens is 358 g/mol. The summed E-state index contributed by atoms with van der Waals surface area (Å²) in [6.45, 7) is 8.68. The Morgan fingerprint density at radius 2 is 1.74 bits per heavy atom. The van der Waals surface area contributed by atoms with Gasteiger partial charge in [0.2, 0.25) is 0 Å². The van der Waals surface area contributed by atoms with Crippen LogP contribution in [-0.4, -0.2) is 36.3 Å². The molecule has 6 nitrogen and oxygen atoms in total. The molecule has 2 N–H and O–H groups in total. The van der Waals surface area contributed by atoms with Gasteiger partial charge in [-0.15, -0.1) is 0 Å². The lowest BCUT2D eigenvalue weighted by Crippen LogP contribution is -2.56. The van der Waals surface area contributed by atoms with Crippen LogP contribution in [0.3, 0.4) is 0 Å². The Hall–Kier alpha value is -2.38. The molecule has 2 amide bonds. The van der Waals surface area contributed by atoms with Crippen LogP contribution in [0.15, 0.2) is 18.2 Å². The van der Waals surface area contributed by atoms with Crippen LogP contribution in [0.5, 0.6) is 5.75 Å². The van der Waals surface area contributed by atoms with Crippen molar-refractivity contribution in [3.63, 3.8) is 0 Å². The van der Waals surface area contributed by atoms with Crippen molar-refractivity contribution in [2.75, 3.05) is 13.2 Å². The van der Waals surface area contributed by atoms with Gasteiger partial charge in [0, 0.05) is 12.6 Å². The molecule has 0 atom stereocenters. The van der Waals surface area contributed by atoms with Gasteiger partial charge in [0.15, 0.2) is 18.2 Å². The summed E-state index contributed by atoms with van der Waals surface area (Å²) in [4.78, 5) is 24.1. The summed E-state index contributed by atoms with van der Waals surface area (Å²) in [6.07, 6.45) is 0.500. The Morgan fingerprint density at radius 1 is 1.11 bits per heavy atom. The first-order valence-electron chi connectivity index (χ1n) is 8.86. The number of benzene rings is 1. The molecule has 0 radical (unpaired) electrons. The summed E-state index contributed by atoms with van der Waals surface area (Å²) in [5.74, 6) is -2.26. The minimum absolute atomic E-state index is 0.162. The zero-order valence-corrected chi connectivity index (χ0v) is 16.4. The lowest BCUT2D eigenvalue weighted by molar-refractivity contribution is -0.125. The van der Waals surface area contributed by atoms with E-state index in [1.54, 1.807) is 20.8 Å². The molecule has 0 saturated heterocycles. The van der Waals surface area contributed by atoms with E-state index in [9.17, 15) is 18.4 Å². The van der Waals surface area contributed by atoms with Crippen molar-refractivity contribution in [3.8, 4) is 5.75 Å². The highest BCUT2D eigenvalue weighted by Gasteiger charge is 2.30. The summed E-state index contributed by atoms with van der Waals surface area (Å²) in [5, 5.41) is 5.45. The van der Waals surface area contributed by atoms with Gasteiger partial charge in [-0.1, -0.05) is 13.8 Å². The number of carbonyl (C=O) groups excluding carboxylic acids is 2. The zero-order chi connectivity index (χ0) is 20.7. The fourth-order valence-electron chi connectivity index (χ4n) is 2.34. The molecule has 0 heterocycles. The topological polar surface area (TPSA) is 76.7 Å². The third-order valence-electron chi connectivity index (χ3n) is 3.98. The molecular formula is C19H28F2N2O4. The Balaban J connectivity index is 2.64. The van der Waals surface area contributed by atoms with Crippen LogP contribution < -0.4 is 15.4 Å². The summed E-state index contributed by atoms with van der Waals surface area (Å²) >= 11 is 0. The number of nitrogens with one attached hydrogen (secondary N) is 2. The van der Waals surface area contributed by atoms with Crippen molar-refractivity contribution in [1.82, 2.24) is 10.6 Å². The number of halogens is 2. The van der Waals surface area contributed by atoms with Gasteiger partial charge in [-0.2, -0.15) is 0 Å². The van der Waals surface area contributed by atoms with Crippen LogP contribution >= 0.6 is 0 Å². The van der Waals surface area contributed by atoms with Gasteiger partial charge in [0.1, 0.15) is 11.4 Å². The fourth-order valence-corrected chi connectivity index (χ4v) is 2.34. The van der Waals surface area contributed by atoms with E-state index in [1.165, 1.54) is 0 Å².